The molecular formula is C18H18FNO2. The second-order valence-corrected chi connectivity index (χ2v) is 5.02. The molecule has 0 amide bonds. The number of aryl methyl sites for hydroxylation is 1. The predicted octanol–water partition coefficient (Wildman–Crippen LogP) is 4.22. The molecule has 114 valence electrons. The van der Waals surface area contributed by atoms with Crippen LogP contribution in [0.2, 0.25) is 0 Å². The number of halogens is 1. The lowest BCUT2D eigenvalue weighted by Crippen LogP contribution is -2.06. The summed E-state index contributed by atoms with van der Waals surface area (Å²) >= 11 is 0. The third-order valence-corrected chi connectivity index (χ3v) is 3.39. The minimum Gasteiger partial charge on any atom is -0.496 e. The minimum atomic E-state index is -0.476. The fourth-order valence-corrected chi connectivity index (χ4v) is 2.27. The number of hydrogen-bond acceptors (Lipinski definition) is 3. The Hall–Kier alpha value is -2.54. The zero-order valence-corrected chi connectivity index (χ0v) is 12.7. The lowest BCUT2D eigenvalue weighted by molar-refractivity contribution is 0.304. The lowest BCUT2D eigenvalue weighted by Gasteiger charge is -2.14. The van der Waals surface area contributed by atoms with Gasteiger partial charge in [0.1, 0.15) is 17.3 Å². The van der Waals surface area contributed by atoms with E-state index >= 15 is 0 Å². The molecular weight excluding hydrogens is 281 g/mol. The molecule has 0 saturated carbocycles. The van der Waals surface area contributed by atoms with Gasteiger partial charge in [0.2, 0.25) is 0 Å². The fourth-order valence-electron chi connectivity index (χ4n) is 2.27. The molecule has 0 aliphatic rings. The van der Waals surface area contributed by atoms with Gasteiger partial charge in [-0.25, -0.2) is 4.39 Å². The molecule has 0 aliphatic carbocycles. The van der Waals surface area contributed by atoms with Gasteiger partial charge in [0, 0.05) is 12.0 Å². The first-order valence-corrected chi connectivity index (χ1v) is 7.06. The van der Waals surface area contributed by atoms with Crippen molar-refractivity contribution in [3.8, 4) is 17.6 Å². The van der Waals surface area contributed by atoms with Crippen LogP contribution in [0.5, 0.6) is 11.5 Å². The largest absolute Gasteiger partial charge is 0.496 e. The van der Waals surface area contributed by atoms with Gasteiger partial charge in [-0.2, -0.15) is 5.26 Å². The summed E-state index contributed by atoms with van der Waals surface area (Å²) in [5, 5.41) is 9.35. The molecule has 1 atom stereocenters. The van der Waals surface area contributed by atoms with Crippen LogP contribution in [-0.4, -0.2) is 13.7 Å². The van der Waals surface area contributed by atoms with Gasteiger partial charge >= 0.3 is 0 Å². The summed E-state index contributed by atoms with van der Waals surface area (Å²) in [7, 11) is 1.51. The van der Waals surface area contributed by atoms with E-state index in [1.807, 2.05) is 31.2 Å². The van der Waals surface area contributed by atoms with Crippen molar-refractivity contribution in [2.45, 2.75) is 19.3 Å². The van der Waals surface area contributed by atoms with Gasteiger partial charge in [-0.1, -0.05) is 12.1 Å². The number of rotatable bonds is 6. The average molecular weight is 299 g/mol. The summed E-state index contributed by atoms with van der Waals surface area (Å²) in [4.78, 5) is 0. The van der Waals surface area contributed by atoms with Crippen LogP contribution in [0.25, 0.3) is 0 Å². The molecule has 0 heterocycles. The van der Waals surface area contributed by atoms with E-state index in [2.05, 4.69) is 6.07 Å². The molecule has 0 aliphatic heterocycles. The number of benzene rings is 2. The van der Waals surface area contributed by atoms with E-state index in [9.17, 15) is 9.65 Å². The highest BCUT2D eigenvalue weighted by molar-refractivity contribution is 5.39. The lowest BCUT2D eigenvalue weighted by atomic mass is 9.96. The third-order valence-electron chi connectivity index (χ3n) is 3.39. The molecule has 0 bridgehead atoms. The van der Waals surface area contributed by atoms with Gasteiger partial charge < -0.3 is 9.47 Å². The summed E-state index contributed by atoms with van der Waals surface area (Å²) in [6.45, 7) is 2.36. The van der Waals surface area contributed by atoms with E-state index < -0.39 is 5.92 Å². The van der Waals surface area contributed by atoms with Crippen LogP contribution < -0.4 is 9.47 Å². The minimum absolute atomic E-state index is 0.376. The zero-order valence-electron chi connectivity index (χ0n) is 12.7. The van der Waals surface area contributed by atoms with Crippen LogP contribution in [-0.2, 0) is 0 Å². The first-order chi connectivity index (χ1) is 10.6. The van der Waals surface area contributed by atoms with E-state index in [4.69, 9.17) is 9.47 Å². The van der Waals surface area contributed by atoms with Crippen molar-refractivity contribution in [2.24, 2.45) is 0 Å². The van der Waals surface area contributed by atoms with Gasteiger partial charge in [0.25, 0.3) is 0 Å². The second kappa shape index (κ2) is 7.46. The maximum Gasteiger partial charge on any atom is 0.123 e. The molecule has 0 saturated heterocycles. The van der Waals surface area contributed by atoms with Crippen LogP contribution in [0.3, 0.4) is 0 Å². The van der Waals surface area contributed by atoms with Crippen molar-refractivity contribution in [1.29, 1.82) is 5.26 Å². The Kier molecular flexibility index (Phi) is 5.37. The van der Waals surface area contributed by atoms with Crippen molar-refractivity contribution in [3.63, 3.8) is 0 Å². The number of ether oxygens (including phenoxy) is 2. The van der Waals surface area contributed by atoms with Crippen LogP contribution in [0.15, 0.2) is 42.5 Å². The number of methoxy groups -OCH3 is 1. The predicted molar refractivity (Wildman–Crippen MR) is 82.6 cm³/mol. The first kappa shape index (κ1) is 15.8. The molecule has 0 spiro atoms. The van der Waals surface area contributed by atoms with E-state index in [1.54, 1.807) is 0 Å². The smallest absolute Gasteiger partial charge is 0.123 e. The van der Waals surface area contributed by atoms with Crippen molar-refractivity contribution in [2.75, 3.05) is 13.7 Å². The van der Waals surface area contributed by atoms with Gasteiger partial charge in [0.15, 0.2) is 0 Å². The number of nitrogens with zero attached hydrogens (tertiary/aromatic N) is 1. The van der Waals surface area contributed by atoms with Gasteiger partial charge in [-0.3, -0.25) is 0 Å². The Morgan fingerprint density at radius 1 is 1.23 bits per heavy atom. The highest BCUT2D eigenvalue weighted by Gasteiger charge is 2.17. The molecule has 22 heavy (non-hydrogen) atoms. The zero-order chi connectivity index (χ0) is 15.9. The fraction of sp³-hybridized carbons (Fsp3) is 0.278. The van der Waals surface area contributed by atoms with Gasteiger partial charge in [-0.05, 0) is 42.8 Å². The summed E-state index contributed by atoms with van der Waals surface area (Å²) in [5.74, 6) is 0.428. The molecule has 4 heteroatoms. The van der Waals surface area contributed by atoms with E-state index in [-0.39, 0.29) is 5.82 Å². The summed E-state index contributed by atoms with van der Waals surface area (Å²) in [5.41, 5.74) is 1.67. The summed E-state index contributed by atoms with van der Waals surface area (Å²) in [6, 6.07) is 14.1. The molecule has 2 aromatic carbocycles. The number of hydrogen-bond donors (Lipinski definition) is 0. The van der Waals surface area contributed by atoms with E-state index in [0.29, 0.717) is 24.3 Å². The average Bonchev–Trinajstić information content (AvgIpc) is 2.52. The SMILES string of the molecule is COc1ccc(F)cc1C(C#N)CCOc1cccc(C)c1. The molecule has 0 fully saturated rings. The molecule has 0 aromatic heterocycles. The van der Waals surface area contributed by atoms with Crippen LogP contribution >= 0.6 is 0 Å². The van der Waals surface area contributed by atoms with Crippen molar-refractivity contribution in [3.05, 3.63) is 59.4 Å². The monoisotopic (exact) mass is 299 g/mol. The topological polar surface area (TPSA) is 42.2 Å². The van der Waals surface area contributed by atoms with Crippen molar-refractivity contribution < 1.29 is 13.9 Å². The molecule has 0 N–H and O–H groups in total. The highest BCUT2D eigenvalue weighted by atomic mass is 19.1. The Bertz CT molecular complexity index is 679. The summed E-state index contributed by atoms with van der Waals surface area (Å²) in [6.07, 6.45) is 0.463. The maximum absolute atomic E-state index is 13.4. The Balaban J connectivity index is 2.04. The second-order valence-electron chi connectivity index (χ2n) is 5.02. The first-order valence-electron chi connectivity index (χ1n) is 7.06. The van der Waals surface area contributed by atoms with Gasteiger partial charge in [-0.15, -0.1) is 0 Å². The maximum atomic E-state index is 13.4. The van der Waals surface area contributed by atoms with E-state index in [1.165, 1.54) is 25.3 Å². The molecule has 2 aromatic rings. The summed E-state index contributed by atoms with van der Waals surface area (Å²) < 4.78 is 24.3. The Morgan fingerprint density at radius 3 is 2.73 bits per heavy atom. The van der Waals surface area contributed by atoms with Crippen LogP contribution in [0, 0.1) is 24.1 Å². The van der Waals surface area contributed by atoms with Crippen molar-refractivity contribution >= 4 is 0 Å². The molecule has 3 nitrogen and oxygen atoms in total. The third kappa shape index (κ3) is 3.98. The standard InChI is InChI=1S/C18H18FNO2/c1-13-4-3-5-16(10-13)22-9-8-14(12-20)17-11-15(19)6-7-18(17)21-2/h3-7,10-11,14H,8-9H2,1-2H3. The number of nitriles is 1. The van der Waals surface area contributed by atoms with Gasteiger partial charge in [0.05, 0.1) is 25.7 Å². The normalized spacial score (nSPS) is 11.5. The molecule has 0 radical (unpaired) electrons. The Labute approximate surface area is 129 Å². The van der Waals surface area contributed by atoms with Crippen LogP contribution in [0.4, 0.5) is 4.39 Å². The molecule has 2 rings (SSSR count). The van der Waals surface area contributed by atoms with E-state index in [0.717, 1.165) is 11.3 Å². The highest BCUT2D eigenvalue weighted by Crippen LogP contribution is 2.29. The molecule has 1 unspecified atom stereocenters. The Morgan fingerprint density at radius 2 is 2.05 bits per heavy atom. The van der Waals surface area contributed by atoms with Crippen LogP contribution in [0.1, 0.15) is 23.5 Å². The van der Waals surface area contributed by atoms with Crippen molar-refractivity contribution in [1.82, 2.24) is 0 Å². The quantitative estimate of drug-likeness (QED) is 0.802.